The smallest absolute Gasteiger partial charge is 0.336 e. The topological polar surface area (TPSA) is 136 Å². The fraction of sp³-hybridized carbons (Fsp3) is 0.250. The van der Waals surface area contributed by atoms with Gasteiger partial charge in [0.2, 0.25) is 11.8 Å². The maximum absolute atomic E-state index is 14.9. The van der Waals surface area contributed by atoms with Gasteiger partial charge >= 0.3 is 5.69 Å². The highest BCUT2D eigenvalue weighted by molar-refractivity contribution is 14.1. The van der Waals surface area contributed by atoms with Crippen LogP contribution in [0.3, 0.4) is 0 Å². The lowest BCUT2D eigenvalue weighted by Crippen LogP contribution is -2.41. The van der Waals surface area contributed by atoms with Gasteiger partial charge in [-0.2, -0.15) is 0 Å². The number of hydrogen-bond donors (Lipinski definition) is 3. The molecule has 3 N–H and O–H groups in total. The Morgan fingerprint density at radius 1 is 0.951 bits per heavy atom. The van der Waals surface area contributed by atoms with Crippen LogP contribution >= 0.6 is 22.6 Å². The number of carbonyl (C=O) groups is 2. The minimum Gasteiger partial charge on any atom is -0.338 e. The van der Waals surface area contributed by atoms with Crippen LogP contribution in [0.2, 0.25) is 0 Å². The van der Waals surface area contributed by atoms with Gasteiger partial charge in [0, 0.05) is 47.4 Å². The van der Waals surface area contributed by atoms with Crippen LogP contribution in [-0.4, -0.2) is 25.5 Å². The van der Waals surface area contributed by atoms with E-state index in [1.165, 1.54) is 67.3 Å². The Morgan fingerprint density at radius 3 is 2.10 bits per heavy atom. The molecular formula is C28H26FIN6O5. The van der Waals surface area contributed by atoms with Crippen molar-refractivity contribution in [3.8, 4) is 5.69 Å². The first-order chi connectivity index (χ1) is 19.4. The molecule has 1 aliphatic carbocycles. The molecule has 2 aromatic heterocycles. The highest BCUT2D eigenvalue weighted by Gasteiger charge is 2.32. The molecule has 13 heteroatoms. The first kappa shape index (κ1) is 28.3. The summed E-state index contributed by atoms with van der Waals surface area (Å²) in [6.45, 7) is 4.13. The van der Waals surface area contributed by atoms with Crippen molar-refractivity contribution in [2.24, 2.45) is 7.05 Å². The largest absolute Gasteiger partial charge is 0.338 e. The molecule has 0 spiro atoms. The molecule has 0 unspecified atom stereocenters. The highest BCUT2D eigenvalue weighted by atomic mass is 127. The number of carbonyl (C=O) groups excluding carboxylic acids is 2. The number of amides is 2. The van der Waals surface area contributed by atoms with E-state index in [0.717, 1.165) is 4.57 Å². The molecule has 2 heterocycles. The van der Waals surface area contributed by atoms with Gasteiger partial charge in [0.1, 0.15) is 17.0 Å². The summed E-state index contributed by atoms with van der Waals surface area (Å²) in [5, 5.41) is 8.24. The van der Waals surface area contributed by atoms with Gasteiger partial charge in [-0.15, -0.1) is 0 Å². The summed E-state index contributed by atoms with van der Waals surface area (Å²) in [7, 11) is 1.46. The Morgan fingerprint density at radius 2 is 1.56 bits per heavy atom. The zero-order valence-corrected chi connectivity index (χ0v) is 24.8. The number of fused-ring (bicyclic) bond motifs is 1. The number of aromatic nitrogens is 3. The average molecular weight is 672 g/mol. The third-order valence-electron chi connectivity index (χ3n) is 6.76. The predicted octanol–water partition coefficient (Wildman–Crippen LogP) is 3.90. The number of benzene rings is 2. The number of halogens is 2. The zero-order valence-electron chi connectivity index (χ0n) is 22.6. The van der Waals surface area contributed by atoms with Crippen LogP contribution in [0.15, 0.2) is 50.8 Å². The Bertz CT molecular complexity index is 1920. The van der Waals surface area contributed by atoms with E-state index in [-0.39, 0.29) is 62.9 Å². The number of rotatable bonds is 6. The van der Waals surface area contributed by atoms with Crippen LogP contribution in [0, 0.1) is 16.3 Å². The van der Waals surface area contributed by atoms with E-state index in [4.69, 9.17) is 0 Å². The quantitative estimate of drug-likeness (QED) is 0.266. The molecule has 0 radical (unpaired) electrons. The Hall–Kier alpha value is -4.27. The predicted molar refractivity (Wildman–Crippen MR) is 163 cm³/mol. The molecule has 4 aromatic rings. The van der Waals surface area contributed by atoms with E-state index >= 15 is 0 Å². The Labute approximate surface area is 246 Å². The van der Waals surface area contributed by atoms with Crippen molar-refractivity contribution >= 4 is 68.2 Å². The lowest BCUT2D eigenvalue weighted by atomic mass is 10.1. The van der Waals surface area contributed by atoms with Gasteiger partial charge in [-0.1, -0.05) is 0 Å². The van der Waals surface area contributed by atoms with Crippen molar-refractivity contribution in [2.45, 2.75) is 39.7 Å². The third kappa shape index (κ3) is 5.28. The number of aryl methyl sites for hydroxylation is 1. The first-order valence-electron chi connectivity index (χ1n) is 12.7. The molecule has 0 aliphatic heterocycles. The molecule has 0 atom stereocenters. The number of nitrogens with zero attached hydrogens (tertiary/aromatic N) is 3. The van der Waals surface area contributed by atoms with Gasteiger partial charge < -0.3 is 16.0 Å². The second kappa shape index (κ2) is 10.6. The molecular weight excluding hydrogens is 646 g/mol. The van der Waals surface area contributed by atoms with Crippen molar-refractivity contribution in [1.82, 2.24) is 13.7 Å². The van der Waals surface area contributed by atoms with Crippen LogP contribution in [0.25, 0.3) is 16.6 Å². The fourth-order valence-corrected chi connectivity index (χ4v) is 5.32. The summed E-state index contributed by atoms with van der Waals surface area (Å²) in [6, 6.07) is 8.69. The molecule has 212 valence electrons. The minimum atomic E-state index is -0.679. The van der Waals surface area contributed by atoms with E-state index in [1.807, 2.05) is 22.6 Å². The second-order valence-corrected chi connectivity index (χ2v) is 11.2. The Balaban J connectivity index is 1.92. The summed E-state index contributed by atoms with van der Waals surface area (Å²) in [6.07, 6.45) is 1.23. The third-order valence-corrected chi connectivity index (χ3v) is 7.43. The molecule has 11 nitrogen and oxygen atoms in total. The molecule has 0 bridgehead atoms. The van der Waals surface area contributed by atoms with Crippen molar-refractivity contribution in [3.63, 3.8) is 0 Å². The molecule has 1 aliphatic rings. The summed E-state index contributed by atoms with van der Waals surface area (Å²) in [4.78, 5) is 65.3. The van der Waals surface area contributed by atoms with Crippen LogP contribution < -0.4 is 32.8 Å². The summed E-state index contributed by atoms with van der Waals surface area (Å²) >= 11 is 1.97. The molecule has 0 saturated heterocycles. The van der Waals surface area contributed by atoms with Crippen molar-refractivity contribution in [2.75, 3.05) is 16.0 Å². The Kier molecular flexibility index (Phi) is 7.32. The minimum absolute atomic E-state index is 0.0139. The van der Waals surface area contributed by atoms with Crippen LogP contribution in [0.5, 0.6) is 0 Å². The van der Waals surface area contributed by atoms with Crippen LogP contribution in [0.1, 0.15) is 38.3 Å². The monoisotopic (exact) mass is 672 g/mol. The van der Waals surface area contributed by atoms with Gasteiger partial charge in [0.25, 0.3) is 11.1 Å². The molecule has 5 rings (SSSR count). The number of pyridine rings is 1. The first-order valence-corrected chi connectivity index (χ1v) is 13.8. The van der Waals surface area contributed by atoms with E-state index in [1.54, 1.807) is 6.07 Å². The van der Waals surface area contributed by atoms with Crippen LogP contribution in [-0.2, 0) is 16.6 Å². The van der Waals surface area contributed by atoms with E-state index < -0.39 is 22.6 Å². The molecule has 1 saturated carbocycles. The second-order valence-electron chi connectivity index (χ2n) is 9.97. The summed E-state index contributed by atoms with van der Waals surface area (Å²) < 4.78 is 19.2. The zero-order chi connectivity index (χ0) is 29.7. The van der Waals surface area contributed by atoms with Crippen molar-refractivity contribution in [1.29, 1.82) is 0 Å². The molecule has 41 heavy (non-hydrogen) atoms. The number of nitrogens with one attached hydrogen (secondary N) is 3. The summed E-state index contributed by atoms with van der Waals surface area (Å²) in [5.41, 5.74) is -0.859. The maximum Gasteiger partial charge on any atom is 0.336 e. The van der Waals surface area contributed by atoms with Crippen molar-refractivity contribution in [3.05, 3.63) is 82.5 Å². The van der Waals surface area contributed by atoms with Gasteiger partial charge in [-0.05, 0) is 78.8 Å². The van der Waals surface area contributed by atoms with E-state index in [0.29, 0.717) is 16.4 Å². The summed E-state index contributed by atoms with van der Waals surface area (Å²) in [5.74, 6) is -1.33. The normalized spacial score (nSPS) is 12.8. The van der Waals surface area contributed by atoms with Crippen molar-refractivity contribution < 1.29 is 14.0 Å². The van der Waals surface area contributed by atoms with Gasteiger partial charge in [0.05, 0.1) is 16.9 Å². The fourth-order valence-electron chi connectivity index (χ4n) is 4.86. The average Bonchev–Trinajstić information content (AvgIpc) is 3.71. The SMILES string of the molecule is CC(=O)Nc1cc(NC(C)=O)cc(-n2c(=O)n(C3CC3)c(=O)c3c(Nc4ccc(I)cc4F)n(C)c(=O)c(C)c32)c1. The van der Waals surface area contributed by atoms with Crippen LogP contribution in [0.4, 0.5) is 27.3 Å². The lowest BCUT2D eigenvalue weighted by Gasteiger charge is -2.21. The molecule has 2 aromatic carbocycles. The van der Waals surface area contributed by atoms with Gasteiger partial charge in [-0.3, -0.25) is 32.9 Å². The maximum atomic E-state index is 14.9. The van der Waals surface area contributed by atoms with E-state index in [2.05, 4.69) is 16.0 Å². The molecule has 1 fully saturated rings. The number of anilines is 4. The van der Waals surface area contributed by atoms with Gasteiger partial charge in [-0.25, -0.2) is 9.18 Å². The number of hydrogen-bond acceptors (Lipinski definition) is 6. The molecule has 2 amide bonds. The van der Waals surface area contributed by atoms with E-state index in [9.17, 15) is 28.4 Å². The highest BCUT2D eigenvalue weighted by Crippen LogP contribution is 2.34. The van der Waals surface area contributed by atoms with Gasteiger partial charge in [0.15, 0.2) is 0 Å². The lowest BCUT2D eigenvalue weighted by molar-refractivity contribution is -0.115. The standard InChI is InChI=1S/C28H26FIN6O5/c1-13-24-23(25(34(4)26(13)39)33-22-8-5-16(30)9-21(22)29)27(40)36(19-6-7-19)28(41)35(24)20-11-17(31-14(2)37)10-18(12-20)32-15(3)38/h5,8-12,19,33H,6-7H2,1-4H3,(H,31,37)(H,32,38).